The van der Waals surface area contributed by atoms with Gasteiger partial charge >= 0.3 is 5.97 Å². The molecule has 1 aromatic carbocycles. The van der Waals surface area contributed by atoms with Crippen LogP contribution in [0.4, 0.5) is 0 Å². The van der Waals surface area contributed by atoms with Crippen molar-refractivity contribution >= 4 is 11.9 Å². The molecule has 0 saturated heterocycles. The van der Waals surface area contributed by atoms with E-state index in [9.17, 15) is 9.59 Å². The first-order valence-electron chi connectivity index (χ1n) is 5.13. The van der Waals surface area contributed by atoms with Crippen molar-refractivity contribution in [1.29, 1.82) is 5.26 Å². The molecule has 1 aromatic rings. The van der Waals surface area contributed by atoms with Gasteiger partial charge in [0.05, 0.1) is 12.7 Å². The molecule has 1 rings (SSSR count). The van der Waals surface area contributed by atoms with E-state index in [1.54, 1.807) is 24.3 Å². The van der Waals surface area contributed by atoms with Gasteiger partial charge in [-0.3, -0.25) is 9.59 Å². The number of carbonyl (C=O) groups excluding carboxylic acids is 2. The molecule has 0 radical (unpaired) electrons. The van der Waals surface area contributed by atoms with Crippen molar-refractivity contribution in [2.24, 2.45) is 0 Å². The summed E-state index contributed by atoms with van der Waals surface area (Å²) in [4.78, 5) is 22.1. The Kier molecular flexibility index (Phi) is 5.19. The zero-order chi connectivity index (χ0) is 13.4. The minimum atomic E-state index is -0.541. The number of para-hydroxylation sites is 1. The zero-order valence-electron chi connectivity index (χ0n) is 9.80. The van der Waals surface area contributed by atoms with Crippen LogP contribution in [0.5, 0.6) is 5.75 Å². The van der Waals surface area contributed by atoms with Crippen molar-refractivity contribution in [3.05, 3.63) is 29.8 Å². The number of esters is 1. The lowest BCUT2D eigenvalue weighted by Crippen LogP contribution is -2.33. The van der Waals surface area contributed by atoms with Crippen LogP contribution in [0.1, 0.15) is 5.56 Å². The fourth-order valence-corrected chi connectivity index (χ4v) is 1.12. The van der Waals surface area contributed by atoms with E-state index in [-0.39, 0.29) is 13.2 Å². The maximum atomic E-state index is 11.3. The summed E-state index contributed by atoms with van der Waals surface area (Å²) in [6.07, 6.45) is 0. The van der Waals surface area contributed by atoms with Crippen LogP contribution in [0.3, 0.4) is 0 Å². The van der Waals surface area contributed by atoms with Crippen molar-refractivity contribution in [2.75, 3.05) is 20.3 Å². The van der Waals surface area contributed by atoms with E-state index in [2.05, 4.69) is 10.1 Å². The van der Waals surface area contributed by atoms with E-state index in [0.717, 1.165) is 0 Å². The summed E-state index contributed by atoms with van der Waals surface area (Å²) in [5.41, 5.74) is 0.346. The topological polar surface area (TPSA) is 88.4 Å². The van der Waals surface area contributed by atoms with Gasteiger partial charge in [-0.2, -0.15) is 5.26 Å². The van der Waals surface area contributed by atoms with Crippen molar-refractivity contribution in [1.82, 2.24) is 5.32 Å². The Morgan fingerprint density at radius 1 is 1.39 bits per heavy atom. The predicted octanol–water partition coefficient (Wildman–Crippen LogP) is 0.226. The molecule has 1 amide bonds. The number of methoxy groups -OCH3 is 1. The third-order valence-corrected chi connectivity index (χ3v) is 2.02. The highest BCUT2D eigenvalue weighted by atomic mass is 16.5. The molecule has 0 spiro atoms. The normalized spacial score (nSPS) is 9.11. The van der Waals surface area contributed by atoms with Crippen LogP contribution in [0.2, 0.25) is 0 Å². The lowest BCUT2D eigenvalue weighted by molar-refractivity contribution is -0.141. The molecular weight excluding hydrogens is 236 g/mol. The van der Waals surface area contributed by atoms with Gasteiger partial charge in [-0.25, -0.2) is 0 Å². The van der Waals surface area contributed by atoms with E-state index >= 15 is 0 Å². The molecule has 0 fully saturated rings. The molecular formula is C12H12N2O4. The number of rotatable bonds is 5. The molecule has 6 nitrogen and oxygen atoms in total. The van der Waals surface area contributed by atoms with Crippen molar-refractivity contribution in [2.45, 2.75) is 0 Å². The molecule has 0 atom stereocenters. The van der Waals surface area contributed by atoms with Crippen LogP contribution in [0.15, 0.2) is 24.3 Å². The van der Waals surface area contributed by atoms with Crippen LogP contribution >= 0.6 is 0 Å². The van der Waals surface area contributed by atoms with Crippen molar-refractivity contribution in [3.8, 4) is 11.8 Å². The van der Waals surface area contributed by atoms with Crippen LogP contribution in [0.25, 0.3) is 0 Å². The number of hydrogen-bond acceptors (Lipinski definition) is 5. The standard InChI is InChI=1S/C12H12N2O4/c1-17-12(16)7-14-11(15)8-18-10-5-3-2-4-9(10)6-13/h2-5H,7-8H2,1H3,(H,14,15). The molecule has 94 valence electrons. The minimum Gasteiger partial charge on any atom is -0.482 e. The Balaban J connectivity index is 2.43. The average Bonchev–Trinajstić information content (AvgIpc) is 2.42. The van der Waals surface area contributed by atoms with Gasteiger partial charge < -0.3 is 14.8 Å². The van der Waals surface area contributed by atoms with Gasteiger partial charge in [0.15, 0.2) is 6.61 Å². The number of nitrogens with zero attached hydrogens (tertiary/aromatic N) is 1. The number of hydrogen-bond donors (Lipinski definition) is 1. The molecule has 6 heteroatoms. The Morgan fingerprint density at radius 2 is 2.11 bits per heavy atom. The van der Waals surface area contributed by atoms with Gasteiger partial charge in [0, 0.05) is 0 Å². The Hall–Kier alpha value is -2.55. The van der Waals surface area contributed by atoms with Gasteiger partial charge in [0.2, 0.25) is 0 Å². The smallest absolute Gasteiger partial charge is 0.325 e. The maximum Gasteiger partial charge on any atom is 0.325 e. The molecule has 0 heterocycles. The first-order valence-corrected chi connectivity index (χ1v) is 5.13. The zero-order valence-corrected chi connectivity index (χ0v) is 9.80. The minimum absolute atomic E-state index is 0.210. The SMILES string of the molecule is COC(=O)CNC(=O)COc1ccccc1C#N. The summed E-state index contributed by atoms with van der Waals surface area (Å²) in [7, 11) is 1.23. The molecule has 0 saturated carbocycles. The molecule has 0 aliphatic carbocycles. The second-order valence-electron chi connectivity index (χ2n) is 3.25. The lowest BCUT2D eigenvalue weighted by atomic mass is 10.2. The largest absolute Gasteiger partial charge is 0.482 e. The maximum absolute atomic E-state index is 11.3. The highest BCUT2D eigenvalue weighted by molar-refractivity contribution is 5.82. The summed E-state index contributed by atoms with van der Waals surface area (Å²) >= 11 is 0. The monoisotopic (exact) mass is 248 g/mol. The van der Waals surface area contributed by atoms with E-state index in [0.29, 0.717) is 11.3 Å². The van der Waals surface area contributed by atoms with Gasteiger partial charge in [0.25, 0.3) is 5.91 Å². The van der Waals surface area contributed by atoms with Gasteiger partial charge in [0.1, 0.15) is 18.4 Å². The van der Waals surface area contributed by atoms with Gasteiger partial charge in [-0.1, -0.05) is 12.1 Å². The van der Waals surface area contributed by atoms with Crippen molar-refractivity contribution in [3.63, 3.8) is 0 Å². The second kappa shape index (κ2) is 6.91. The van der Waals surface area contributed by atoms with E-state index in [1.165, 1.54) is 7.11 Å². The molecule has 18 heavy (non-hydrogen) atoms. The van der Waals surface area contributed by atoms with E-state index < -0.39 is 11.9 Å². The summed E-state index contributed by atoms with van der Waals surface area (Å²) in [5, 5.41) is 11.1. The molecule has 0 unspecified atom stereocenters. The number of ether oxygens (including phenoxy) is 2. The highest BCUT2D eigenvalue weighted by Gasteiger charge is 2.07. The number of amides is 1. The van der Waals surface area contributed by atoms with Gasteiger partial charge in [-0.05, 0) is 12.1 Å². The summed E-state index contributed by atoms with van der Waals surface area (Å²) in [5.74, 6) is -0.679. The van der Waals surface area contributed by atoms with Crippen molar-refractivity contribution < 1.29 is 19.1 Å². The van der Waals surface area contributed by atoms with E-state index in [4.69, 9.17) is 10.00 Å². The Bertz CT molecular complexity index is 479. The van der Waals surface area contributed by atoms with Crippen LogP contribution in [0, 0.1) is 11.3 Å². The fourth-order valence-electron chi connectivity index (χ4n) is 1.12. The third kappa shape index (κ3) is 4.14. The summed E-state index contributed by atoms with van der Waals surface area (Å²) < 4.78 is 9.53. The van der Waals surface area contributed by atoms with Gasteiger partial charge in [-0.15, -0.1) is 0 Å². The lowest BCUT2D eigenvalue weighted by Gasteiger charge is -2.07. The third-order valence-electron chi connectivity index (χ3n) is 2.02. The van der Waals surface area contributed by atoms with E-state index in [1.807, 2.05) is 6.07 Å². The number of carbonyl (C=O) groups is 2. The summed E-state index contributed by atoms with van der Waals surface area (Å²) in [6, 6.07) is 8.52. The molecule has 0 aromatic heterocycles. The Morgan fingerprint density at radius 3 is 2.78 bits per heavy atom. The molecule has 0 aliphatic heterocycles. The highest BCUT2D eigenvalue weighted by Crippen LogP contribution is 2.15. The fraction of sp³-hybridized carbons (Fsp3) is 0.250. The van der Waals surface area contributed by atoms with Crippen LogP contribution < -0.4 is 10.1 Å². The predicted molar refractivity (Wildman–Crippen MR) is 61.7 cm³/mol. The quantitative estimate of drug-likeness (QED) is 0.753. The first kappa shape index (κ1) is 13.5. The molecule has 1 N–H and O–H groups in total. The molecule has 0 aliphatic rings. The number of benzene rings is 1. The number of nitriles is 1. The summed E-state index contributed by atoms with van der Waals surface area (Å²) in [6.45, 7) is -0.478. The van der Waals surface area contributed by atoms with Crippen LogP contribution in [-0.4, -0.2) is 32.1 Å². The van der Waals surface area contributed by atoms with Crippen LogP contribution in [-0.2, 0) is 14.3 Å². The second-order valence-corrected chi connectivity index (χ2v) is 3.25. The first-order chi connectivity index (χ1) is 8.67. The Labute approximate surface area is 104 Å². The average molecular weight is 248 g/mol. The number of nitrogens with one attached hydrogen (secondary N) is 1. The molecule has 0 bridgehead atoms.